The van der Waals surface area contributed by atoms with Crippen LogP contribution in [0.4, 0.5) is 0 Å². The van der Waals surface area contributed by atoms with Gasteiger partial charge in [0.2, 0.25) is 5.43 Å². The number of carbonyl (C=O) groups excluding carboxylic acids is 1. The third-order valence-electron chi connectivity index (χ3n) is 8.30. The van der Waals surface area contributed by atoms with Gasteiger partial charge in [-0.3, -0.25) is 9.59 Å². The van der Waals surface area contributed by atoms with Crippen molar-refractivity contribution in [3.05, 3.63) is 105 Å². The third kappa shape index (κ3) is 5.60. The van der Waals surface area contributed by atoms with Crippen LogP contribution in [0.3, 0.4) is 0 Å². The van der Waals surface area contributed by atoms with Gasteiger partial charge in [-0.15, -0.1) is 0 Å². The monoisotopic (exact) mass is 622 g/mol. The maximum Gasteiger partial charge on any atom is 0.312 e. The highest BCUT2D eigenvalue weighted by molar-refractivity contribution is 5.94. The molecule has 1 atom stereocenters. The molecule has 9 nitrogen and oxygen atoms in total. The molecule has 0 radical (unpaired) electrons. The summed E-state index contributed by atoms with van der Waals surface area (Å²) in [6, 6.07) is 20.0. The molecule has 9 heteroatoms. The molecule has 0 saturated heterocycles. The first-order chi connectivity index (χ1) is 22.2. The van der Waals surface area contributed by atoms with Gasteiger partial charge in [-0.25, -0.2) is 0 Å². The summed E-state index contributed by atoms with van der Waals surface area (Å²) < 4.78 is 34.2. The minimum absolute atomic E-state index is 0.0174. The number of fused-ring (bicyclic) bond motifs is 3. The van der Waals surface area contributed by atoms with E-state index >= 15 is 0 Å². The van der Waals surface area contributed by atoms with Gasteiger partial charge in [0, 0.05) is 17.5 Å². The largest absolute Gasteiger partial charge is 0.507 e. The predicted octanol–water partition coefficient (Wildman–Crippen LogP) is 7.33. The van der Waals surface area contributed by atoms with E-state index in [2.05, 4.69) is 26.0 Å². The van der Waals surface area contributed by atoms with E-state index in [-0.39, 0.29) is 34.5 Å². The van der Waals surface area contributed by atoms with Crippen LogP contribution in [0.1, 0.15) is 54.4 Å². The van der Waals surface area contributed by atoms with Gasteiger partial charge in [0.15, 0.2) is 23.0 Å². The molecule has 0 aliphatic carbocycles. The van der Waals surface area contributed by atoms with Crippen LogP contribution < -0.4 is 29.1 Å². The topological polar surface area (TPSA) is 114 Å². The lowest BCUT2D eigenvalue weighted by Crippen LogP contribution is -2.22. The first kappa shape index (κ1) is 30.6. The molecule has 0 amide bonds. The molecule has 1 aromatic heterocycles. The summed E-state index contributed by atoms with van der Waals surface area (Å²) in [4.78, 5) is 26.7. The summed E-state index contributed by atoms with van der Waals surface area (Å²) in [7, 11) is 4.59. The standard InChI is InChI=1S/C37H34O9/c1-20(2)22-8-6-21(7-9-22)18-44-31-15-23(10-13-29(31)42-4)25-16-33(39)46-32-17-27(38)35-36(40)26(19-45-37(35)34(25)32)24-11-12-28(41-3)30(14-24)43-5/h6-15,17,19-20,25,38H,16,18H2,1-5H3/t25-/m0/s1. The minimum Gasteiger partial charge on any atom is -0.507 e. The van der Waals surface area contributed by atoms with Crippen molar-refractivity contribution in [2.75, 3.05) is 21.3 Å². The molecule has 236 valence electrons. The molecule has 0 bridgehead atoms. The van der Waals surface area contributed by atoms with Gasteiger partial charge < -0.3 is 33.2 Å². The summed E-state index contributed by atoms with van der Waals surface area (Å²) in [5, 5.41) is 11.0. The molecule has 1 N–H and O–H groups in total. The van der Waals surface area contributed by atoms with Gasteiger partial charge in [-0.05, 0) is 52.4 Å². The molecule has 0 unspecified atom stereocenters. The zero-order chi connectivity index (χ0) is 32.5. The van der Waals surface area contributed by atoms with Crippen LogP contribution in [0.5, 0.6) is 34.5 Å². The second kappa shape index (κ2) is 12.5. The lowest BCUT2D eigenvalue weighted by molar-refractivity contribution is -0.135. The molecule has 6 rings (SSSR count). The first-order valence-electron chi connectivity index (χ1n) is 14.9. The van der Waals surface area contributed by atoms with E-state index in [9.17, 15) is 14.7 Å². The van der Waals surface area contributed by atoms with Crippen molar-refractivity contribution < 1.29 is 38.0 Å². The second-order valence-electron chi connectivity index (χ2n) is 11.4. The average Bonchev–Trinajstić information content (AvgIpc) is 3.06. The number of hydrogen-bond acceptors (Lipinski definition) is 9. The fourth-order valence-corrected chi connectivity index (χ4v) is 5.80. The number of esters is 1. The van der Waals surface area contributed by atoms with Gasteiger partial charge in [-0.2, -0.15) is 0 Å². The lowest BCUT2D eigenvalue weighted by atomic mass is 9.84. The molecule has 4 aromatic carbocycles. The Bertz CT molecular complexity index is 1990. The van der Waals surface area contributed by atoms with Gasteiger partial charge in [-0.1, -0.05) is 50.2 Å². The first-order valence-corrected chi connectivity index (χ1v) is 14.9. The Hall–Kier alpha value is -5.44. The smallest absolute Gasteiger partial charge is 0.312 e. The number of phenols is 1. The van der Waals surface area contributed by atoms with Crippen molar-refractivity contribution in [3.8, 4) is 45.6 Å². The van der Waals surface area contributed by atoms with Crippen molar-refractivity contribution in [1.29, 1.82) is 0 Å². The van der Waals surface area contributed by atoms with Gasteiger partial charge in [0.25, 0.3) is 0 Å². The third-order valence-corrected chi connectivity index (χ3v) is 8.30. The average molecular weight is 623 g/mol. The van der Waals surface area contributed by atoms with E-state index in [4.69, 9.17) is 28.1 Å². The van der Waals surface area contributed by atoms with Gasteiger partial charge >= 0.3 is 5.97 Å². The number of phenolic OH excluding ortho intramolecular Hbond substituents is 1. The predicted molar refractivity (Wildman–Crippen MR) is 173 cm³/mol. The summed E-state index contributed by atoms with van der Waals surface area (Å²) >= 11 is 0. The van der Waals surface area contributed by atoms with Gasteiger partial charge in [0.05, 0.1) is 33.3 Å². The summed E-state index contributed by atoms with van der Waals surface area (Å²) in [5.74, 6) is 1.11. The molecule has 0 spiro atoms. The Morgan fingerprint density at radius 1 is 0.848 bits per heavy atom. The SMILES string of the molecule is COc1ccc(-c2coc3c4c(cc(O)c3c2=O)OC(=O)C[C@H]4c2ccc(OC)c(OCc3ccc(C(C)C)cc3)c2)cc1OC. The number of hydrogen-bond donors (Lipinski definition) is 1. The van der Waals surface area contributed by atoms with E-state index in [1.165, 1.54) is 32.1 Å². The maximum absolute atomic E-state index is 13.9. The highest BCUT2D eigenvalue weighted by Crippen LogP contribution is 2.47. The quantitative estimate of drug-likeness (QED) is 0.133. The van der Waals surface area contributed by atoms with E-state index in [0.29, 0.717) is 46.6 Å². The zero-order valence-electron chi connectivity index (χ0n) is 26.2. The Labute approximate surface area is 265 Å². The summed E-state index contributed by atoms with van der Waals surface area (Å²) in [6.45, 7) is 4.61. The van der Waals surface area contributed by atoms with Crippen LogP contribution in [0, 0.1) is 0 Å². The molecular weight excluding hydrogens is 588 g/mol. The van der Waals surface area contributed by atoms with E-state index in [1.54, 1.807) is 31.4 Å². The fraction of sp³-hybridized carbons (Fsp3) is 0.243. The van der Waals surface area contributed by atoms with Crippen LogP contribution in [-0.2, 0) is 11.4 Å². The van der Waals surface area contributed by atoms with Crippen LogP contribution in [0.2, 0.25) is 0 Å². The second-order valence-corrected chi connectivity index (χ2v) is 11.4. The zero-order valence-corrected chi connectivity index (χ0v) is 26.2. The van der Waals surface area contributed by atoms with Crippen LogP contribution >= 0.6 is 0 Å². The van der Waals surface area contributed by atoms with Crippen molar-refractivity contribution in [1.82, 2.24) is 0 Å². The van der Waals surface area contributed by atoms with Gasteiger partial charge in [0.1, 0.15) is 35.3 Å². The highest BCUT2D eigenvalue weighted by atomic mass is 16.5. The Morgan fingerprint density at radius 3 is 2.24 bits per heavy atom. The van der Waals surface area contributed by atoms with Crippen molar-refractivity contribution >= 4 is 16.9 Å². The van der Waals surface area contributed by atoms with Crippen LogP contribution in [0.25, 0.3) is 22.1 Å². The number of ether oxygens (including phenoxy) is 5. The number of rotatable bonds is 9. The number of methoxy groups -OCH3 is 3. The Kier molecular flexibility index (Phi) is 8.32. The normalized spacial score (nSPS) is 14.1. The van der Waals surface area contributed by atoms with E-state index < -0.39 is 17.3 Å². The van der Waals surface area contributed by atoms with Crippen molar-refractivity contribution in [3.63, 3.8) is 0 Å². The van der Waals surface area contributed by atoms with Crippen LogP contribution in [0.15, 0.2) is 82.2 Å². The lowest BCUT2D eigenvalue weighted by Gasteiger charge is -2.26. The summed E-state index contributed by atoms with van der Waals surface area (Å²) in [6.07, 6.45) is 1.32. The molecular formula is C37H34O9. The molecule has 46 heavy (non-hydrogen) atoms. The van der Waals surface area contributed by atoms with Crippen molar-refractivity contribution in [2.45, 2.75) is 38.7 Å². The maximum atomic E-state index is 13.9. The molecule has 0 fully saturated rings. The summed E-state index contributed by atoms with van der Waals surface area (Å²) in [5.41, 5.74) is 3.85. The molecule has 1 aliphatic rings. The molecule has 0 saturated carbocycles. The molecule has 1 aliphatic heterocycles. The van der Waals surface area contributed by atoms with E-state index in [0.717, 1.165) is 11.1 Å². The molecule has 2 heterocycles. The number of carbonyl (C=O) groups is 1. The Balaban J connectivity index is 1.42. The number of aromatic hydroxyl groups is 1. The van der Waals surface area contributed by atoms with E-state index in [1.807, 2.05) is 24.3 Å². The number of benzene rings is 4. The van der Waals surface area contributed by atoms with Crippen LogP contribution in [-0.4, -0.2) is 32.4 Å². The highest BCUT2D eigenvalue weighted by Gasteiger charge is 2.34. The fourth-order valence-electron chi connectivity index (χ4n) is 5.80. The van der Waals surface area contributed by atoms with Crippen molar-refractivity contribution in [2.24, 2.45) is 0 Å². The Morgan fingerprint density at radius 2 is 1.54 bits per heavy atom. The molecule has 5 aromatic rings. The minimum atomic E-state index is -0.562.